The molecule has 0 aliphatic heterocycles. The van der Waals surface area contributed by atoms with Crippen LogP contribution in [0.2, 0.25) is 0 Å². The fourth-order valence-corrected chi connectivity index (χ4v) is 4.05. The average molecular weight is 536 g/mol. The second kappa shape index (κ2) is 12.4. The van der Waals surface area contributed by atoms with Crippen LogP contribution in [0, 0.1) is 5.92 Å². The SMILES string of the molecule is CN=C(NCc1cccc(NC(=O)C2CCCC2)c1)NC(C)CCS(C)(=O)=O.I. The van der Waals surface area contributed by atoms with Crippen molar-refractivity contribution in [3.05, 3.63) is 29.8 Å². The lowest BCUT2D eigenvalue weighted by Gasteiger charge is -2.18. The summed E-state index contributed by atoms with van der Waals surface area (Å²) < 4.78 is 22.6. The van der Waals surface area contributed by atoms with Crippen LogP contribution >= 0.6 is 24.0 Å². The van der Waals surface area contributed by atoms with Crippen molar-refractivity contribution in [3.63, 3.8) is 0 Å². The molecule has 0 bridgehead atoms. The first-order chi connectivity index (χ1) is 13.3. The number of sulfone groups is 1. The molecule has 1 unspecified atom stereocenters. The van der Waals surface area contributed by atoms with Gasteiger partial charge in [-0.05, 0) is 43.9 Å². The molecule has 1 aliphatic rings. The fourth-order valence-electron chi connectivity index (χ4n) is 3.27. The summed E-state index contributed by atoms with van der Waals surface area (Å²) in [5, 5.41) is 9.44. The molecule has 0 saturated heterocycles. The predicted octanol–water partition coefficient (Wildman–Crippen LogP) is 2.92. The van der Waals surface area contributed by atoms with E-state index in [-0.39, 0.29) is 47.6 Å². The Morgan fingerprint density at radius 1 is 1.28 bits per heavy atom. The summed E-state index contributed by atoms with van der Waals surface area (Å²) in [6.45, 7) is 2.48. The molecule has 3 N–H and O–H groups in total. The van der Waals surface area contributed by atoms with Crippen LogP contribution in [-0.4, -0.2) is 45.4 Å². The predicted molar refractivity (Wildman–Crippen MR) is 130 cm³/mol. The quantitative estimate of drug-likeness (QED) is 0.270. The maximum Gasteiger partial charge on any atom is 0.227 e. The summed E-state index contributed by atoms with van der Waals surface area (Å²) in [6, 6.07) is 7.75. The molecular formula is C20H33IN4O3S. The van der Waals surface area contributed by atoms with Gasteiger partial charge in [-0.25, -0.2) is 8.42 Å². The molecule has 164 valence electrons. The summed E-state index contributed by atoms with van der Waals surface area (Å²) in [4.78, 5) is 16.5. The van der Waals surface area contributed by atoms with Crippen LogP contribution in [0.3, 0.4) is 0 Å². The first-order valence-electron chi connectivity index (χ1n) is 9.81. The molecule has 9 heteroatoms. The van der Waals surface area contributed by atoms with Gasteiger partial charge in [0.15, 0.2) is 5.96 Å². The van der Waals surface area contributed by atoms with Crippen LogP contribution in [0.5, 0.6) is 0 Å². The summed E-state index contributed by atoms with van der Waals surface area (Å²) >= 11 is 0. The van der Waals surface area contributed by atoms with Crippen molar-refractivity contribution in [2.45, 2.75) is 51.6 Å². The number of carbonyl (C=O) groups is 1. The van der Waals surface area contributed by atoms with Gasteiger partial charge in [0.05, 0.1) is 5.75 Å². The van der Waals surface area contributed by atoms with Crippen LogP contribution in [0.1, 0.15) is 44.6 Å². The second-order valence-electron chi connectivity index (χ2n) is 7.56. The molecular weight excluding hydrogens is 503 g/mol. The van der Waals surface area contributed by atoms with Crippen molar-refractivity contribution in [2.24, 2.45) is 10.9 Å². The number of benzene rings is 1. The van der Waals surface area contributed by atoms with E-state index in [4.69, 9.17) is 0 Å². The van der Waals surface area contributed by atoms with Gasteiger partial charge < -0.3 is 16.0 Å². The molecule has 29 heavy (non-hydrogen) atoms. The summed E-state index contributed by atoms with van der Waals surface area (Å²) in [5.74, 6) is 1.00. The van der Waals surface area contributed by atoms with Crippen molar-refractivity contribution in [1.29, 1.82) is 0 Å². The number of nitrogens with one attached hydrogen (secondary N) is 3. The summed E-state index contributed by atoms with van der Waals surface area (Å²) in [6.07, 6.45) is 5.99. The number of halogens is 1. The van der Waals surface area contributed by atoms with Gasteiger partial charge in [0.1, 0.15) is 9.84 Å². The molecule has 1 atom stereocenters. The number of nitrogens with zero attached hydrogens (tertiary/aromatic N) is 1. The lowest BCUT2D eigenvalue weighted by atomic mass is 10.1. The molecule has 2 rings (SSSR count). The standard InChI is InChI=1S/C20H32N4O3S.HI/c1-15(11-12-28(3,26)27)23-20(21-2)22-14-16-7-6-10-18(13-16)24-19(25)17-8-4-5-9-17;/h6-7,10,13,15,17H,4-5,8-9,11-12,14H2,1-3H3,(H,24,25)(H2,21,22,23);1H. The van der Waals surface area contributed by atoms with E-state index in [1.54, 1.807) is 7.05 Å². The molecule has 7 nitrogen and oxygen atoms in total. The number of amides is 1. The molecule has 1 fully saturated rings. The minimum absolute atomic E-state index is 0. The molecule has 0 spiro atoms. The Morgan fingerprint density at radius 2 is 1.97 bits per heavy atom. The van der Waals surface area contributed by atoms with E-state index >= 15 is 0 Å². The molecule has 1 aromatic rings. The highest BCUT2D eigenvalue weighted by Crippen LogP contribution is 2.26. The third kappa shape index (κ3) is 9.79. The van der Waals surface area contributed by atoms with Gasteiger partial charge in [-0.3, -0.25) is 9.79 Å². The van der Waals surface area contributed by atoms with Crippen LogP contribution in [0.15, 0.2) is 29.3 Å². The Kier molecular flexibility index (Phi) is 10.9. The van der Waals surface area contributed by atoms with Crippen LogP contribution in [0.4, 0.5) is 5.69 Å². The van der Waals surface area contributed by atoms with Crippen LogP contribution in [0.25, 0.3) is 0 Å². The monoisotopic (exact) mass is 536 g/mol. The van der Waals surface area contributed by atoms with E-state index in [0.717, 1.165) is 36.9 Å². The summed E-state index contributed by atoms with van der Waals surface area (Å²) in [5.41, 5.74) is 1.83. The van der Waals surface area contributed by atoms with Gasteiger partial charge in [-0.1, -0.05) is 25.0 Å². The number of hydrogen-bond donors (Lipinski definition) is 3. The van der Waals surface area contributed by atoms with Crippen molar-refractivity contribution in [1.82, 2.24) is 10.6 Å². The Balaban J connectivity index is 0.00000420. The zero-order valence-electron chi connectivity index (χ0n) is 17.4. The highest BCUT2D eigenvalue weighted by molar-refractivity contribution is 14.0. The number of hydrogen-bond acceptors (Lipinski definition) is 4. The van der Waals surface area contributed by atoms with E-state index in [2.05, 4.69) is 20.9 Å². The maximum atomic E-state index is 12.3. The van der Waals surface area contributed by atoms with Gasteiger partial charge in [-0.15, -0.1) is 24.0 Å². The highest BCUT2D eigenvalue weighted by atomic mass is 127. The zero-order valence-corrected chi connectivity index (χ0v) is 20.5. The molecule has 1 aliphatic carbocycles. The van der Waals surface area contributed by atoms with E-state index in [9.17, 15) is 13.2 Å². The second-order valence-corrected chi connectivity index (χ2v) is 9.82. The zero-order chi connectivity index (χ0) is 20.6. The van der Waals surface area contributed by atoms with E-state index in [1.165, 1.54) is 6.26 Å². The number of carbonyl (C=O) groups excluding carboxylic acids is 1. The van der Waals surface area contributed by atoms with Gasteiger partial charge in [0.25, 0.3) is 0 Å². The van der Waals surface area contributed by atoms with Gasteiger partial charge in [0.2, 0.25) is 5.91 Å². The minimum Gasteiger partial charge on any atom is -0.354 e. The average Bonchev–Trinajstić information content (AvgIpc) is 3.18. The molecule has 1 saturated carbocycles. The van der Waals surface area contributed by atoms with Crippen molar-refractivity contribution in [3.8, 4) is 0 Å². The number of guanidine groups is 1. The van der Waals surface area contributed by atoms with Gasteiger partial charge in [-0.2, -0.15) is 0 Å². The fraction of sp³-hybridized carbons (Fsp3) is 0.600. The Hall–Kier alpha value is -1.36. The molecule has 0 radical (unpaired) electrons. The van der Waals surface area contributed by atoms with Crippen molar-refractivity contribution in [2.75, 3.05) is 24.4 Å². The smallest absolute Gasteiger partial charge is 0.227 e. The van der Waals surface area contributed by atoms with E-state index < -0.39 is 9.84 Å². The van der Waals surface area contributed by atoms with Crippen LogP contribution < -0.4 is 16.0 Å². The van der Waals surface area contributed by atoms with E-state index in [1.807, 2.05) is 31.2 Å². The molecule has 0 aromatic heterocycles. The highest BCUT2D eigenvalue weighted by Gasteiger charge is 2.22. The van der Waals surface area contributed by atoms with Gasteiger partial charge in [0, 0.05) is 37.5 Å². The largest absolute Gasteiger partial charge is 0.354 e. The topological polar surface area (TPSA) is 99.7 Å². The Bertz CT molecular complexity index is 793. The normalized spacial score (nSPS) is 16.0. The lowest BCUT2D eigenvalue weighted by molar-refractivity contribution is -0.119. The third-order valence-electron chi connectivity index (χ3n) is 4.91. The lowest BCUT2D eigenvalue weighted by Crippen LogP contribution is -2.42. The maximum absolute atomic E-state index is 12.3. The van der Waals surface area contributed by atoms with Crippen molar-refractivity contribution >= 4 is 51.4 Å². The molecule has 1 amide bonds. The Morgan fingerprint density at radius 3 is 2.59 bits per heavy atom. The van der Waals surface area contributed by atoms with Crippen LogP contribution in [-0.2, 0) is 21.2 Å². The first kappa shape index (κ1) is 25.7. The number of anilines is 1. The Labute approximate surface area is 191 Å². The minimum atomic E-state index is -2.97. The summed E-state index contributed by atoms with van der Waals surface area (Å²) in [7, 11) is -1.30. The first-order valence-corrected chi connectivity index (χ1v) is 11.9. The third-order valence-corrected chi connectivity index (χ3v) is 5.89. The van der Waals surface area contributed by atoms with Gasteiger partial charge >= 0.3 is 0 Å². The van der Waals surface area contributed by atoms with E-state index in [0.29, 0.717) is 18.9 Å². The number of rotatable bonds is 8. The van der Waals surface area contributed by atoms with Crippen molar-refractivity contribution < 1.29 is 13.2 Å². The number of aliphatic imine (C=N–C) groups is 1. The molecule has 1 aromatic carbocycles. The molecule has 0 heterocycles.